The predicted molar refractivity (Wildman–Crippen MR) is 76.7 cm³/mol. The second-order valence-corrected chi connectivity index (χ2v) is 5.20. The lowest BCUT2D eigenvalue weighted by molar-refractivity contribution is 0.305. The maximum atomic E-state index is 5.53. The molecule has 102 valence electrons. The fraction of sp³-hybridized carbons (Fsp3) is 0.462. The highest BCUT2D eigenvalue weighted by atomic mass is 32.1. The molecule has 6 heteroatoms. The Morgan fingerprint density at radius 1 is 1.21 bits per heavy atom. The van der Waals surface area contributed by atoms with Crippen LogP contribution in [0.5, 0.6) is 5.88 Å². The van der Waals surface area contributed by atoms with Crippen LogP contribution in [0.4, 0.5) is 5.95 Å². The molecule has 0 aliphatic heterocycles. The lowest BCUT2D eigenvalue weighted by atomic mass is 10.4. The first-order valence-corrected chi connectivity index (χ1v) is 7.18. The average molecular weight is 278 g/mol. The maximum absolute atomic E-state index is 5.53. The summed E-state index contributed by atoms with van der Waals surface area (Å²) in [5, 5.41) is 6.24. The van der Waals surface area contributed by atoms with E-state index in [-0.39, 0.29) is 0 Å². The summed E-state index contributed by atoms with van der Waals surface area (Å²) in [4.78, 5) is 13.1. The quantitative estimate of drug-likeness (QED) is 0.880. The van der Waals surface area contributed by atoms with Crippen molar-refractivity contribution in [1.29, 1.82) is 0 Å². The van der Waals surface area contributed by atoms with Gasteiger partial charge in [-0.25, -0.2) is 9.97 Å². The van der Waals surface area contributed by atoms with Crippen molar-refractivity contribution in [2.24, 2.45) is 0 Å². The van der Waals surface area contributed by atoms with Gasteiger partial charge in [0.05, 0.1) is 13.2 Å². The molecule has 0 radical (unpaired) electrons. The molecule has 2 heterocycles. The van der Waals surface area contributed by atoms with Crippen molar-refractivity contribution >= 4 is 17.3 Å². The van der Waals surface area contributed by atoms with Crippen LogP contribution < -0.4 is 10.1 Å². The number of aryl methyl sites for hydroxylation is 2. The van der Waals surface area contributed by atoms with Gasteiger partial charge in [0.2, 0.25) is 11.8 Å². The van der Waals surface area contributed by atoms with E-state index in [0.717, 1.165) is 22.8 Å². The molecule has 0 aromatic carbocycles. The Kier molecular flexibility index (Phi) is 4.68. The molecule has 0 bridgehead atoms. The van der Waals surface area contributed by atoms with E-state index in [0.29, 0.717) is 25.0 Å². The zero-order valence-corrected chi connectivity index (χ0v) is 12.3. The Bertz CT molecular complexity index is 541. The van der Waals surface area contributed by atoms with E-state index in [9.17, 15) is 0 Å². The first kappa shape index (κ1) is 13.7. The molecule has 0 saturated heterocycles. The summed E-state index contributed by atoms with van der Waals surface area (Å²) in [6, 6.07) is 1.84. The molecule has 1 N–H and O–H groups in total. The molecule has 0 spiro atoms. The number of ether oxygens (including phenoxy) is 1. The van der Waals surface area contributed by atoms with Gasteiger partial charge in [-0.2, -0.15) is 4.98 Å². The number of nitrogens with zero attached hydrogens (tertiary/aromatic N) is 3. The van der Waals surface area contributed by atoms with Gasteiger partial charge in [0, 0.05) is 22.8 Å². The number of hydrogen-bond acceptors (Lipinski definition) is 6. The fourth-order valence-electron chi connectivity index (χ4n) is 1.54. The Morgan fingerprint density at radius 2 is 2.05 bits per heavy atom. The number of aromatic nitrogens is 3. The van der Waals surface area contributed by atoms with Gasteiger partial charge in [0.15, 0.2) is 0 Å². The van der Waals surface area contributed by atoms with Gasteiger partial charge in [-0.3, -0.25) is 0 Å². The van der Waals surface area contributed by atoms with Crippen LogP contribution in [0.1, 0.15) is 29.7 Å². The van der Waals surface area contributed by atoms with E-state index in [1.807, 2.05) is 25.3 Å². The minimum atomic E-state index is 0.582. The van der Waals surface area contributed by atoms with Gasteiger partial charge in [-0.05, 0) is 20.3 Å². The molecule has 2 rings (SSSR count). The largest absolute Gasteiger partial charge is 0.478 e. The first-order valence-electron chi connectivity index (χ1n) is 6.30. The standard InChI is InChI=1S/C13H18N4OS/c1-4-5-18-11-6-9(2)16-13(17-11)14-7-12-15-10(3)8-19-12/h6,8H,4-5,7H2,1-3H3,(H,14,16,17). The molecule has 19 heavy (non-hydrogen) atoms. The van der Waals surface area contributed by atoms with Crippen LogP contribution in [-0.4, -0.2) is 21.6 Å². The van der Waals surface area contributed by atoms with E-state index in [4.69, 9.17) is 4.74 Å². The summed E-state index contributed by atoms with van der Waals surface area (Å²) in [7, 11) is 0. The van der Waals surface area contributed by atoms with Crippen LogP contribution in [0.3, 0.4) is 0 Å². The average Bonchev–Trinajstić information content (AvgIpc) is 2.79. The highest BCUT2D eigenvalue weighted by Gasteiger charge is 2.04. The third-order valence-electron chi connectivity index (χ3n) is 2.35. The third kappa shape index (κ3) is 4.17. The first-order chi connectivity index (χ1) is 9.17. The Hall–Kier alpha value is -1.69. The summed E-state index contributed by atoms with van der Waals surface area (Å²) in [6.45, 7) is 7.29. The number of rotatable bonds is 6. The molecular weight excluding hydrogens is 260 g/mol. The van der Waals surface area contributed by atoms with Crippen molar-refractivity contribution in [2.75, 3.05) is 11.9 Å². The second-order valence-electron chi connectivity index (χ2n) is 4.26. The van der Waals surface area contributed by atoms with Crippen LogP contribution in [0.25, 0.3) is 0 Å². The number of thiazole rings is 1. The summed E-state index contributed by atoms with van der Waals surface area (Å²) in [5.74, 6) is 1.20. The van der Waals surface area contributed by atoms with E-state index >= 15 is 0 Å². The van der Waals surface area contributed by atoms with Gasteiger partial charge < -0.3 is 10.1 Å². The van der Waals surface area contributed by atoms with Gasteiger partial charge in [-0.15, -0.1) is 11.3 Å². The van der Waals surface area contributed by atoms with Gasteiger partial charge in [-0.1, -0.05) is 6.92 Å². The van der Waals surface area contributed by atoms with Crippen molar-refractivity contribution in [2.45, 2.75) is 33.7 Å². The van der Waals surface area contributed by atoms with Crippen LogP contribution in [0, 0.1) is 13.8 Å². The minimum absolute atomic E-state index is 0.582. The monoisotopic (exact) mass is 278 g/mol. The summed E-state index contributed by atoms with van der Waals surface area (Å²) < 4.78 is 5.53. The molecule has 0 amide bonds. The van der Waals surface area contributed by atoms with Crippen LogP contribution in [0.15, 0.2) is 11.4 Å². The Balaban J connectivity index is 2.01. The zero-order valence-electron chi connectivity index (χ0n) is 11.4. The SMILES string of the molecule is CCCOc1cc(C)nc(NCc2nc(C)cs2)n1. The molecule has 2 aromatic heterocycles. The molecule has 0 aliphatic carbocycles. The topological polar surface area (TPSA) is 59.9 Å². The number of hydrogen-bond donors (Lipinski definition) is 1. The summed E-state index contributed by atoms with van der Waals surface area (Å²) in [6.07, 6.45) is 0.963. The van der Waals surface area contributed by atoms with Crippen LogP contribution in [-0.2, 0) is 6.54 Å². The Morgan fingerprint density at radius 3 is 2.74 bits per heavy atom. The van der Waals surface area contributed by atoms with Crippen LogP contribution >= 0.6 is 11.3 Å². The maximum Gasteiger partial charge on any atom is 0.226 e. The molecule has 5 nitrogen and oxygen atoms in total. The molecule has 2 aromatic rings. The molecule has 0 saturated carbocycles. The summed E-state index contributed by atoms with van der Waals surface area (Å²) in [5.41, 5.74) is 1.93. The molecule has 0 fully saturated rings. The smallest absolute Gasteiger partial charge is 0.226 e. The molecule has 0 unspecified atom stereocenters. The predicted octanol–water partition coefficient (Wildman–Crippen LogP) is 2.95. The van der Waals surface area contributed by atoms with Crippen molar-refractivity contribution < 1.29 is 4.74 Å². The minimum Gasteiger partial charge on any atom is -0.478 e. The van der Waals surface area contributed by atoms with Crippen LogP contribution in [0.2, 0.25) is 0 Å². The molecular formula is C13H18N4OS. The Labute approximate surface area is 117 Å². The van der Waals surface area contributed by atoms with Crippen molar-refractivity contribution in [3.8, 4) is 5.88 Å². The van der Waals surface area contributed by atoms with E-state index < -0.39 is 0 Å². The summed E-state index contributed by atoms with van der Waals surface area (Å²) >= 11 is 1.63. The van der Waals surface area contributed by atoms with Gasteiger partial charge in [0.1, 0.15) is 5.01 Å². The lowest BCUT2D eigenvalue weighted by Gasteiger charge is -2.08. The zero-order chi connectivity index (χ0) is 13.7. The fourth-order valence-corrected chi connectivity index (χ4v) is 2.25. The van der Waals surface area contributed by atoms with Crippen molar-refractivity contribution in [3.63, 3.8) is 0 Å². The highest BCUT2D eigenvalue weighted by Crippen LogP contribution is 2.14. The van der Waals surface area contributed by atoms with E-state index in [2.05, 4.69) is 27.2 Å². The van der Waals surface area contributed by atoms with Crippen molar-refractivity contribution in [1.82, 2.24) is 15.0 Å². The number of nitrogens with one attached hydrogen (secondary N) is 1. The van der Waals surface area contributed by atoms with Gasteiger partial charge >= 0.3 is 0 Å². The second kappa shape index (κ2) is 6.47. The third-order valence-corrected chi connectivity index (χ3v) is 3.32. The normalized spacial score (nSPS) is 10.5. The molecule has 0 aliphatic rings. The molecule has 0 atom stereocenters. The lowest BCUT2D eigenvalue weighted by Crippen LogP contribution is -2.06. The van der Waals surface area contributed by atoms with E-state index in [1.165, 1.54) is 0 Å². The van der Waals surface area contributed by atoms with Gasteiger partial charge in [0.25, 0.3) is 0 Å². The van der Waals surface area contributed by atoms with E-state index in [1.54, 1.807) is 11.3 Å². The number of anilines is 1. The highest BCUT2D eigenvalue weighted by molar-refractivity contribution is 7.09. The van der Waals surface area contributed by atoms with Crippen molar-refractivity contribution in [3.05, 3.63) is 27.8 Å².